The molecule has 0 N–H and O–H groups in total. The van der Waals surface area contributed by atoms with Crippen LogP contribution in [0.3, 0.4) is 0 Å². The van der Waals surface area contributed by atoms with Crippen molar-refractivity contribution in [1.82, 2.24) is 0 Å². The molecule has 3 nitrogen and oxygen atoms in total. The molecule has 0 fully saturated rings. The summed E-state index contributed by atoms with van der Waals surface area (Å²) >= 11 is 3.43. The van der Waals surface area contributed by atoms with Crippen LogP contribution in [0.15, 0.2) is 21.7 Å². The first kappa shape index (κ1) is 13.4. The van der Waals surface area contributed by atoms with Crippen LogP contribution >= 0.6 is 33.9 Å². The van der Waals surface area contributed by atoms with Crippen molar-refractivity contribution in [2.24, 2.45) is 0 Å². The van der Waals surface area contributed by atoms with Gasteiger partial charge in [-0.2, -0.15) is 8.42 Å². The normalized spacial score (nSPS) is 16.2. The zero-order valence-electron chi connectivity index (χ0n) is 8.51. The lowest BCUT2D eigenvalue weighted by Gasteiger charge is -2.13. The SMILES string of the molecule is C[C@H](C[C@@H](C)I)OS(=O)(=O)c1cccs1. The van der Waals surface area contributed by atoms with Crippen molar-refractivity contribution in [3.05, 3.63) is 17.5 Å². The van der Waals surface area contributed by atoms with Crippen LogP contribution in [0.1, 0.15) is 20.3 Å². The molecule has 0 saturated carbocycles. The minimum Gasteiger partial charge on any atom is -0.263 e. The summed E-state index contributed by atoms with van der Waals surface area (Å²) in [5.41, 5.74) is 0. The van der Waals surface area contributed by atoms with Gasteiger partial charge in [-0.05, 0) is 24.8 Å². The molecule has 0 aliphatic rings. The van der Waals surface area contributed by atoms with Crippen molar-refractivity contribution in [3.8, 4) is 0 Å². The van der Waals surface area contributed by atoms with Crippen molar-refractivity contribution < 1.29 is 12.6 Å². The summed E-state index contributed by atoms with van der Waals surface area (Å²) in [6.45, 7) is 3.80. The van der Waals surface area contributed by atoms with Gasteiger partial charge < -0.3 is 0 Å². The number of rotatable bonds is 5. The van der Waals surface area contributed by atoms with E-state index in [-0.39, 0.29) is 10.3 Å². The third-order valence-corrected chi connectivity index (χ3v) is 4.97. The molecule has 0 saturated heterocycles. The molecule has 0 aromatic carbocycles. The molecule has 0 bridgehead atoms. The molecule has 0 spiro atoms. The van der Waals surface area contributed by atoms with Crippen LogP contribution in [0, 0.1) is 0 Å². The minimum absolute atomic E-state index is 0.274. The molecule has 1 rings (SSSR count). The second-order valence-electron chi connectivity index (χ2n) is 3.31. The van der Waals surface area contributed by atoms with E-state index in [1.165, 1.54) is 11.3 Å². The number of hydrogen-bond donors (Lipinski definition) is 0. The molecule has 86 valence electrons. The van der Waals surface area contributed by atoms with Crippen molar-refractivity contribution in [1.29, 1.82) is 0 Å². The highest BCUT2D eigenvalue weighted by molar-refractivity contribution is 14.1. The van der Waals surface area contributed by atoms with Crippen LogP contribution in [0.5, 0.6) is 0 Å². The number of alkyl halides is 1. The summed E-state index contributed by atoms with van der Waals surface area (Å²) in [6.07, 6.45) is 0.453. The molecule has 0 radical (unpaired) electrons. The Labute approximate surface area is 108 Å². The highest BCUT2D eigenvalue weighted by atomic mass is 127. The van der Waals surface area contributed by atoms with Gasteiger partial charge in [-0.15, -0.1) is 11.3 Å². The Balaban J connectivity index is 2.66. The van der Waals surface area contributed by atoms with Gasteiger partial charge in [-0.25, -0.2) is 0 Å². The highest BCUT2D eigenvalue weighted by Crippen LogP contribution is 2.21. The van der Waals surface area contributed by atoms with Crippen molar-refractivity contribution in [2.45, 2.75) is 34.5 Å². The first-order valence-electron chi connectivity index (χ1n) is 4.52. The zero-order valence-corrected chi connectivity index (χ0v) is 12.3. The number of hydrogen-bond acceptors (Lipinski definition) is 4. The molecular weight excluding hydrogens is 347 g/mol. The van der Waals surface area contributed by atoms with Crippen LogP contribution < -0.4 is 0 Å². The maximum atomic E-state index is 11.7. The Kier molecular flexibility index (Phi) is 5.01. The molecule has 0 amide bonds. The summed E-state index contributed by atoms with van der Waals surface area (Å²) in [5.74, 6) is 0. The van der Waals surface area contributed by atoms with E-state index in [1.54, 1.807) is 24.4 Å². The fraction of sp³-hybridized carbons (Fsp3) is 0.556. The zero-order chi connectivity index (χ0) is 11.5. The smallest absolute Gasteiger partial charge is 0.263 e. The monoisotopic (exact) mass is 360 g/mol. The molecule has 15 heavy (non-hydrogen) atoms. The number of thiophene rings is 1. The predicted molar refractivity (Wildman–Crippen MR) is 70.2 cm³/mol. The quantitative estimate of drug-likeness (QED) is 0.461. The van der Waals surface area contributed by atoms with Gasteiger partial charge in [0.05, 0.1) is 6.10 Å². The largest absolute Gasteiger partial charge is 0.306 e. The Morgan fingerprint density at radius 3 is 2.67 bits per heavy atom. The van der Waals surface area contributed by atoms with E-state index in [4.69, 9.17) is 4.18 Å². The summed E-state index contributed by atoms with van der Waals surface area (Å²) < 4.78 is 29.1. The van der Waals surface area contributed by atoms with E-state index < -0.39 is 10.1 Å². The van der Waals surface area contributed by atoms with Gasteiger partial charge >= 0.3 is 10.1 Å². The third kappa shape index (κ3) is 4.38. The van der Waals surface area contributed by atoms with E-state index >= 15 is 0 Å². The van der Waals surface area contributed by atoms with E-state index in [9.17, 15) is 8.42 Å². The van der Waals surface area contributed by atoms with Gasteiger partial charge in [0.25, 0.3) is 0 Å². The van der Waals surface area contributed by atoms with E-state index in [2.05, 4.69) is 22.6 Å². The van der Waals surface area contributed by atoms with Crippen molar-refractivity contribution >= 4 is 44.0 Å². The van der Waals surface area contributed by atoms with Gasteiger partial charge in [0.2, 0.25) is 0 Å². The molecule has 1 heterocycles. The van der Waals surface area contributed by atoms with Gasteiger partial charge in [0.15, 0.2) is 0 Å². The summed E-state index contributed by atoms with van der Waals surface area (Å²) in [6, 6.07) is 3.26. The van der Waals surface area contributed by atoms with E-state index in [1.807, 2.05) is 6.92 Å². The van der Waals surface area contributed by atoms with Crippen molar-refractivity contribution in [2.75, 3.05) is 0 Å². The van der Waals surface area contributed by atoms with Gasteiger partial charge in [0, 0.05) is 3.92 Å². The topological polar surface area (TPSA) is 43.4 Å². The van der Waals surface area contributed by atoms with Crippen LogP contribution in [0.25, 0.3) is 0 Å². The standard InChI is InChI=1S/C9H13IO3S2/c1-7(10)6-8(2)13-15(11,12)9-4-3-5-14-9/h3-5,7-8H,6H2,1-2H3/t7-,8-/m1/s1. The average Bonchev–Trinajstić information content (AvgIpc) is 2.51. The maximum Gasteiger partial charge on any atom is 0.306 e. The Morgan fingerprint density at radius 2 is 2.20 bits per heavy atom. The summed E-state index contributed by atoms with van der Waals surface area (Å²) in [4.78, 5) is 0. The fourth-order valence-corrected chi connectivity index (χ4v) is 3.94. The molecule has 0 unspecified atom stereocenters. The summed E-state index contributed by atoms with van der Waals surface area (Å²) in [5, 5.41) is 1.72. The Morgan fingerprint density at radius 1 is 1.53 bits per heavy atom. The van der Waals surface area contributed by atoms with Crippen LogP contribution in [0.4, 0.5) is 0 Å². The van der Waals surface area contributed by atoms with Gasteiger partial charge in [-0.3, -0.25) is 4.18 Å². The van der Waals surface area contributed by atoms with E-state index in [0.717, 1.165) is 6.42 Å². The highest BCUT2D eigenvalue weighted by Gasteiger charge is 2.20. The maximum absolute atomic E-state index is 11.7. The van der Waals surface area contributed by atoms with Crippen LogP contribution in [0.2, 0.25) is 0 Å². The molecule has 1 aromatic rings. The van der Waals surface area contributed by atoms with E-state index in [0.29, 0.717) is 3.92 Å². The Bertz CT molecular complexity index is 383. The molecular formula is C9H13IO3S2. The average molecular weight is 360 g/mol. The third-order valence-electron chi connectivity index (χ3n) is 1.69. The van der Waals surface area contributed by atoms with Crippen LogP contribution in [-0.2, 0) is 14.3 Å². The van der Waals surface area contributed by atoms with Gasteiger partial charge in [-0.1, -0.05) is 35.6 Å². The summed E-state index contributed by atoms with van der Waals surface area (Å²) in [7, 11) is -3.55. The molecule has 1 aromatic heterocycles. The predicted octanol–water partition coefficient (Wildman–Crippen LogP) is 3.06. The van der Waals surface area contributed by atoms with Crippen molar-refractivity contribution in [3.63, 3.8) is 0 Å². The number of halogens is 1. The molecule has 6 heteroatoms. The lowest BCUT2D eigenvalue weighted by molar-refractivity contribution is 0.221. The Hall–Kier alpha value is 0.340. The van der Waals surface area contributed by atoms with Crippen LogP contribution in [-0.4, -0.2) is 18.4 Å². The molecule has 0 aliphatic heterocycles. The minimum atomic E-state index is -3.55. The molecule has 2 atom stereocenters. The first-order chi connectivity index (χ1) is 6.92. The lowest BCUT2D eigenvalue weighted by Crippen LogP contribution is -2.17. The van der Waals surface area contributed by atoms with Gasteiger partial charge in [0.1, 0.15) is 4.21 Å². The fourth-order valence-electron chi connectivity index (χ4n) is 1.17. The lowest BCUT2D eigenvalue weighted by atomic mass is 10.2. The molecule has 0 aliphatic carbocycles. The second-order valence-corrected chi connectivity index (χ2v) is 8.18. The second kappa shape index (κ2) is 5.60. The first-order valence-corrected chi connectivity index (χ1v) is 8.06.